The summed E-state index contributed by atoms with van der Waals surface area (Å²) >= 11 is 0. The van der Waals surface area contributed by atoms with Crippen LogP contribution in [0.1, 0.15) is 32.3 Å². The number of ether oxygens (including phenoxy) is 2. The standard InChI is InChI=1S/C18H22O4/c1-3-12-21-17(19)14-16(18(20)22-13-4-2)11-10-15-8-6-5-7-9-15/h5-11,14H,3-4,12-13H2,1-2H3/b11-10?,16-14-. The summed E-state index contributed by atoms with van der Waals surface area (Å²) in [7, 11) is 0. The first-order valence-corrected chi connectivity index (χ1v) is 7.46. The van der Waals surface area contributed by atoms with E-state index in [9.17, 15) is 9.59 Å². The number of esters is 2. The number of benzene rings is 1. The largest absolute Gasteiger partial charge is 0.463 e. The summed E-state index contributed by atoms with van der Waals surface area (Å²) in [4.78, 5) is 23.6. The maximum absolute atomic E-state index is 12.0. The zero-order chi connectivity index (χ0) is 16.2. The minimum Gasteiger partial charge on any atom is -0.463 e. The highest BCUT2D eigenvalue weighted by Gasteiger charge is 2.10. The molecule has 0 heterocycles. The Balaban J connectivity index is 2.86. The lowest BCUT2D eigenvalue weighted by Gasteiger charge is -2.04. The molecule has 22 heavy (non-hydrogen) atoms. The van der Waals surface area contributed by atoms with Crippen LogP contribution >= 0.6 is 0 Å². The summed E-state index contributed by atoms with van der Waals surface area (Å²) in [6, 6.07) is 9.51. The van der Waals surface area contributed by atoms with Gasteiger partial charge < -0.3 is 9.47 Å². The highest BCUT2D eigenvalue weighted by Crippen LogP contribution is 2.08. The van der Waals surface area contributed by atoms with Crippen LogP contribution in [0.3, 0.4) is 0 Å². The van der Waals surface area contributed by atoms with Crippen molar-refractivity contribution in [3.05, 3.63) is 53.6 Å². The van der Waals surface area contributed by atoms with E-state index < -0.39 is 11.9 Å². The fraction of sp³-hybridized carbons (Fsp3) is 0.333. The molecule has 0 aromatic heterocycles. The first-order valence-electron chi connectivity index (χ1n) is 7.46. The van der Waals surface area contributed by atoms with Crippen molar-refractivity contribution >= 4 is 18.0 Å². The topological polar surface area (TPSA) is 52.6 Å². The van der Waals surface area contributed by atoms with Crippen molar-refractivity contribution < 1.29 is 19.1 Å². The third-order valence-corrected chi connectivity index (χ3v) is 2.65. The van der Waals surface area contributed by atoms with Crippen LogP contribution in [-0.2, 0) is 19.1 Å². The SMILES string of the molecule is CCCOC(=O)/C=C(/C=Cc1ccccc1)C(=O)OCCC. The molecular formula is C18H22O4. The molecule has 0 atom stereocenters. The molecule has 0 bridgehead atoms. The van der Waals surface area contributed by atoms with Crippen LogP contribution in [0.5, 0.6) is 0 Å². The van der Waals surface area contributed by atoms with Crippen molar-refractivity contribution in [2.45, 2.75) is 26.7 Å². The molecule has 0 saturated carbocycles. The van der Waals surface area contributed by atoms with E-state index in [1.807, 2.05) is 44.2 Å². The predicted molar refractivity (Wildman–Crippen MR) is 86.1 cm³/mol. The number of hydrogen-bond acceptors (Lipinski definition) is 4. The Morgan fingerprint density at radius 1 is 1.00 bits per heavy atom. The molecule has 0 spiro atoms. The summed E-state index contributed by atoms with van der Waals surface area (Å²) in [5, 5.41) is 0. The van der Waals surface area contributed by atoms with Gasteiger partial charge in [-0.25, -0.2) is 9.59 Å². The molecular weight excluding hydrogens is 280 g/mol. The summed E-state index contributed by atoms with van der Waals surface area (Å²) < 4.78 is 10.1. The van der Waals surface area contributed by atoms with E-state index in [0.29, 0.717) is 13.2 Å². The second kappa shape index (κ2) is 10.4. The first kappa shape index (κ1) is 17.7. The molecule has 1 aromatic rings. The van der Waals surface area contributed by atoms with Crippen LogP contribution in [0, 0.1) is 0 Å². The van der Waals surface area contributed by atoms with Crippen LogP contribution in [0.2, 0.25) is 0 Å². The van der Waals surface area contributed by atoms with Crippen molar-refractivity contribution in [1.29, 1.82) is 0 Å². The molecule has 0 aliphatic rings. The van der Waals surface area contributed by atoms with Gasteiger partial charge in [0.05, 0.1) is 18.8 Å². The maximum atomic E-state index is 12.0. The summed E-state index contributed by atoms with van der Waals surface area (Å²) in [5.74, 6) is -1.06. The second-order valence-corrected chi connectivity index (χ2v) is 4.65. The smallest absolute Gasteiger partial charge is 0.338 e. The second-order valence-electron chi connectivity index (χ2n) is 4.65. The molecule has 0 aliphatic carbocycles. The van der Waals surface area contributed by atoms with Crippen molar-refractivity contribution in [1.82, 2.24) is 0 Å². The maximum Gasteiger partial charge on any atom is 0.338 e. The number of hydrogen-bond donors (Lipinski definition) is 0. The fourth-order valence-corrected chi connectivity index (χ4v) is 1.57. The molecule has 1 aromatic carbocycles. The van der Waals surface area contributed by atoms with Crippen LogP contribution in [0.25, 0.3) is 6.08 Å². The Labute approximate surface area is 131 Å². The molecule has 118 valence electrons. The normalized spacial score (nSPS) is 11.5. The van der Waals surface area contributed by atoms with Gasteiger partial charge in [0.25, 0.3) is 0 Å². The minimum absolute atomic E-state index is 0.179. The van der Waals surface area contributed by atoms with Gasteiger partial charge in [-0.3, -0.25) is 0 Å². The zero-order valence-electron chi connectivity index (χ0n) is 13.1. The van der Waals surface area contributed by atoms with Crippen molar-refractivity contribution in [3.63, 3.8) is 0 Å². The Morgan fingerprint density at radius 3 is 2.27 bits per heavy atom. The lowest BCUT2D eigenvalue weighted by Crippen LogP contribution is -2.10. The highest BCUT2D eigenvalue weighted by atomic mass is 16.5. The molecule has 0 unspecified atom stereocenters. The van der Waals surface area contributed by atoms with E-state index in [0.717, 1.165) is 18.4 Å². The molecule has 0 radical (unpaired) electrons. The molecule has 0 saturated heterocycles. The van der Waals surface area contributed by atoms with Gasteiger partial charge in [-0.05, 0) is 24.5 Å². The van der Waals surface area contributed by atoms with E-state index in [2.05, 4.69) is 0 Å². The predicted octanol–water partition coefficient (Wildman–Crippen LogP) is 3.53. The highest BCUT2D eigenvalue weighted by molar-refractivity contribution is 5.99. The first-order chi connectivity index (χ1) is 10.7. The third-order valence-electron chi connectivity index (χ3n) is 2.65. The Bertz CT molecular complexity index is 529. The van der Waals surface area contributed by atoms with Crippen molar-refractivity contribution in [3.8, 4) is 0 Å². The van der Waals surface area contributed by atoms with E-state index in [-0.39, 0.29) is 5.57 Å². The van der Waals surface area contributed by atoms with E-state index in [1.54, 1.807) is 12.2 Å². The number of rotatable bonds is 8. The Morgan fingerprint density at radius 2 is 1.64 bits per heavy atom. The van der Waals surface area contributed by atoms with Crippen LogP contribution in [0.4, 0.5) is 0 Å². The zero-order valence-corrected chi connectivity index (χ0v) is 13.1. The summed E-state index contributed by atoms with van der Waals surface area (Å²) in [6.07, 6.45) is 5.95. The summed E-state index contributed by atoms with van der Waals surface area (Å²) in [5.41, 5.74) is 1.11. The van der Waals surface area contributed by atoms with E-state index >= 15 is 0 Å². The van der Waals surface area contributed by atoms with Gasteiger partial charge in [0, 0.05) is 6.08 Å². The molecule has 1 rings (SSSR count). The molecule has 0 aliphatic heterocycles. The Hall–Kier alpha value is -2.36. The number of carbonyl (C=O) groups is 2. The van der Waals surface area contributed by atoms with Crippen LogP contribution in [0.15, 0.2) is 48.1 Å². The van der Waals surface area contributed by atoms with Gasteiger partial charge >= 0.3 is 11.9 Å². The van der Waals surface area contributed by atoms with Gasteiger partial charge in [0.15, 0.2) is 0 Å². The molecule has 4 nitrogen and oxygen atoms in total. The molecule has 0 fully saturated rings. The fourth-order valence-electron chi connectivity index (χ4n) is 1.57. The Kier molecular flexibility index (Phi) is 8.35. The van der Waals surface area contributed by atoms with Crippen molar-refractivity contribution in [2.24, 2.45) is 0 Å². The van der Waals surface area contributed by atoms with Crippen LogP contribution < -0.4 is 0 Å². The lowest BCUT2D eigenvalue weighted by molar-refractivity contribution is -0.141. The van der Waals surface area contributed by atoms with E-state index in [4.69, 9.17) is 9.47 Å². The van der Waals surface area contributed by atoms with Gasteiger partial charge in [-0.15, -0.1) is 0 Å². The average molecular weight is 302 g/mol. The average Bonchev–Trinajstić information content (AvgIpc) is 2.55. The molecule has 0 amide bonds. The third kappa shape index (κ3) is 6.88. The van der Waals surface area contributed by atoms with Crippen molar-refractivity contribution in [2.75, 3.05) is 13.2 Å². The van der Waals surface area contributed by atoms with Gasteiger partial charge in [-0.1, -0.05) is 50.3 Å². The molecule has 0 N–H and O–H groups in total. The monoisotopic (exact) mass is 302 g/mol. The quantitative estimate of drug-likeness (QED) is 0.419. The molecule has 4 heteroatoms. The number of carbonyl (C=O) groups excluding carboxylic acids is 2. The lowest BCUT2D eigenvalue weighted by atomic mass is 10.1. The van der Waals surface area contributed by atoms with Gasteiger partial charge in [0.2, 0.25) is 0 Å². The van der Waals surface area contributed by atoms with Gasteiger partial charge in [0.1, 0.15) is 0 Å². The summed E-state index contributed by atoms with van der Waals surface area (Å²) in [6.45, 7) is 4.46. The van der Waals surface area contributed by atoms with E-state index in [1.165, 1.54) is 6.08 Å². The van der Waals surface area contributed by atoms with Gasteiger partial charge in [-0.2, -0.15) is 0 Å². The van der Waals surface area contributed by atoms with Crippen LogP contribution in [-0.4, -0.2) is 25.2 Å². The minimum atomic E-state index is -0.539.